The summed E-state index contributed by atoms with van der Waals surface area (Å²) in [4.78, 5) is 40.9. The number of anilines is 2. The molecule has 0 unspecified atom stereocenters. The summed E-state index contributed by atoms with van der Waals surface area (Å²) in [5, 5.41) is 2.54. The Kier molecular flexibility index (Phi) is 4.43. The molecular weight excluding hydrogens is 296 g/mol. The number of H-pyrrole nitrogens is 1. The lowest BCUT2D eigenvalue weighted by Crippen LogP contribution is -2.22. The van der Waals surface area contributed by atoms with Crippen LogP contribution in [0.5, 0.6) is 0 Å². The number of nitrogens with two attached hydrogens (primary N) is 1. The number of rotatable bonds is 5. The van der Waals surface area contributed by atoms with Gasteiger partial charge in [0.2, 0.25) is 0 Å². The Labute approximate surface area is 123 Å². The summed E-state index contributed by atoms with van der Waals surface area (Å²) in [6.07, 6.45) is 1.34. The van der Waals surface area contributed by atoms with Crippen LogP contribution in [-0.4, -0.2) is 27.4 Å². The Morgan fingerprint density at radius 3 is 2.86 bits per heavy atom. The molecule has 1 amide bonds. The molecule has 2 aromatic rings. The average Bonchev–Trinajstić information content (AvgIpc) is 2.94. The fraction of sp³-hybridized carbons (Fsp3) is 0.167. The number of ketones is 1. The van der Waals surface area contributed by atoms with Crippen LogP contribution in [0.1, 0.15) is 17.5 Å². The van der Waals surface area contributed by atoms with Crippen LogP contribution >= 0.6 is 11.8 Å². The van der Waals surface area contributed by atoms with Crippen LogP contribution in [0.2, 0.25) is 0 Å². The molecular formula is C12H12N4O4S. The van der Waals surface area contributed by atoms with Crippen molar-refractivity contribution < 1.29 is 14.0 Å². The molecule has 0 aliphatic rings. The fourth-order valence-corrected chi connectivity index (χ4v) is 2.08. The normalized spacial score (nSPS) is 10.3. The highest BCUT2D eigenvalue weighted by Gasteiger charge is 2.15. The van der Waals surface area contributed by atoms with Gasteiger partial charge in [-0.2, -0.15) is 0 Å². The molecule has 2 rings (SSSR count). The maximum atomic E-state index is 11.9. The molecule has 4 N–H and O–H groups in total. The number of carbonyl (C=O) groups excluding carboxylic acids is 2. The summed E-state index contributed by atoms with van der Waals surface area (Å²) in [5.74, 6) is -0.589. The first-order chi connectivity index (χ1) is 9.97. The number of amides is 1. The van der Waals surface area contributed by atoms with Gasteiger partial charge in [-0.25, -0.2) is 4.98 Å². The van der Waals surface area contributed by atoms with Crippen molar-refractivity contribution in [3.05, 3.63) is 34.5 Å². The van der Waals surface area contributed by atoms with E-state index in [4.69, 9.17) is 10.2 Å². The van der Waals surface area contributed by atoms with E-state index in [1.807, 2.05) is 0 Å². The largest absolute Gasteiger partial charge is 0.459 e. The van der Waals surface area contributed by atoms with E-state index in [1.165, 1.54) is 19.3 Å². The molecule has 21 heavy (non-hydrogen) atoms. The molecule has 0 aromatic carbocycles. The second-order valence-electron chi connectivity index (χ2n) is 4.05. The quantitative estimate of drug-likeness (QED) is 0.552. The summed E-state index contributed by atoms with van der Waals surface area (Å²) < 4.78 is 4.91. The van der Waals surface area contributed by atoms with Crippen LogP contribution in [-0.2, 0) is 4.79 Å². The van der Waals surface area contributed by atoms with Crippen LogP contribution < -0.4 is 16.6 Å². The van der Waals surface area contributed by atoms with Crippen molar-refractivity contribution in [1.29, 1.82) is 0 Å². The molecule has 2 heterocycles. The second-order valence-corrected chi connectivity index (χ2v) is 5.02. The number of Topliss-reactive ketones (excluding diaryl/α,β-unsaturated/α-hetero) is 1. The predicted octanol–water partition coefficient (Wildman–Crippen LogP) is 0.879. The average molecular weight is 308 g/mol. The third-order valence-corrected chi connectivity index (χ3v) is 3.34. The minimum atomic E-state index is -0.608. The van der Waals surface area contributed by atoms with Crippen LogP contribution in [0.3, 0.4) is 0 Å². The van der Waals surface area contributed by atoms with E-state index in [0.717, 1.165) is 11.8 Å². The standard InChI is InChI=1S/C12H12N4O4S/c1-6(17)5-21-12-15-9(13)8(11(19)16-12)14-10(18)7-3-2-4-20-7/h2-4H,5H2,1H3,(H,14,18)(H3,13,15,16,19). The first kappa shape index (κ1) is 14.9. The van der Waals surface area contributed by atoms with E-state index in [-0.39, 0.29) is 34.0 Å². The van der Waals surface area contributed by atoms with Gasteiger partial charge in [-0.3, -0.25) is 19.4 Å². The number of furan rings is 1. The Morgan fingerprint density at radius 1 is 1.52 bits per heavy atom. The van der Waals surface area contributed by atoms with Crippen LogP contribution in [0, 0.1) is 0 Å². The Balaban J connectivity index is 2.19. The Morgan fingerprint density at radius 2 is 2.29 bits per heavy atom. The zero-order valence-electron chi connectivity index (χ0n) is 11.0. The lowest BCUT2D eigenvalue weighted by atomic mass is 10.4. The zero-order valence-corrected chi connectivity index (χ0v) is 11.8. The number of nitrogen functional groups attached to an aromatic ring is 1. The number of aromatic amines is 1. The first-order valence-electron chi connectivity index (χ1n) is 5.84. The third kappa shape index (κ3) is 3.72. The van der Waals surface area contributed by atoms with Gasteiger partial charge in [0.25, 0.3) is 11.5 Å². The summed E-state index contributed by atoms with van der Waals surface area (Å²) in [5.41, 5.74) is 4.89. The summed E-state index contributed by atoms with van der Waals surface area (Å²) >= 11 is 1.05. The van der Waals surface area contributed by atoms with E-state index in [9.17, 15) is 14.4 Å². The highest BCUT2D eigenvalue weighted by molar-refractivity contribution is 7.99. The predicted molar refractivity (Wildman–Crippen MR) is 77.3 cm³/mol. The summed E-state index contributed by atoms with van der Waals surface area (Å²) in [6.45, 7) is 1.42. The van der Waals surface area contributed by atoms with Crippen LogP contribution in [0.4, 0.5) is 11.5 Å². The molecule has 0 saturated heterocycles. The Bertz CT molecular complexity index is 723. The van der Waals surface area contributed by atoms with E-state index in [2.05, 4.69) is 15.3 Å². The molecule has 8 nitrogen and oxygen atoms in total. The molecule has 0 radical (unpaired) electrons. The number of hydrogen-bond donors (Lipinski definition) is 3. The van der Waals surface area contributed by atoms with Gasteiger partial charge in [0.1, 0.15) is 5.78 Å². The minimum Gasteiger partial charge on any atom is -0.459 e. The van der Waals surface area contributed by atoms with Crippen molar-refractivity contribution in [3.8, 4) is 0 Å². The smallest absolute Gasteiger partial charge is 0.291 e. The van der Waals surface area contributed by atoms with E-state index < -0.39 is 11.5 Å². The van der Waals surface area contributed by atoms with Crippen molar-refractivity contribution in [2.75, 3.05) is 16.8 Å². The number of carbonyl (C=O) groups is 2. The van der Waals surface area contributed by atoms with Crippen molar-refractivity contribution >= 4 is 35.0 Å². The molecule has 0 aliphatic heterocycles. The van der Waals surface area contributed by atoms with Gasteiger partial charge in [-0.05, 0) is 19.1 Å². The van der Waals surface area contributed by atoms with E-state index >= 15 is 0 Å². The molecule has 0 bridgehead atoms. The molecule has 0 spiro atoms. The van der Waals surface area contributed by atoms with Gasteiger partial charge in [-0.1, -0.05) is 11.8 Å². The number of aromatic nitrogens is 2. The van der Waals surface area contributed by atoms with Crippen LogP contribution in [0.25, 0.3) is 0 Å². The monoisotopic (exact) mass is 308 g/mol. The van der Waals surface area contributed by atoms with Gasteiger partial charge in [0, 0.05) is 0 Å². The minimum absolute atomic E-state index is 0.0452. The number of thioether (sulfide) groups is 1. The molecule has 0 fully saturated rings. The number of nitrogens with zero attached hydrogens (tertiary/aromatic N) is 1. The van der Waals surface area contributed by atoms with Gasteiger partial charge in [0.15, 0.2) is 22.4 Å². The number of hydrogen-bond acceptors (Lipinski definition) is 7. The van der Waals surface area contributed by atoms with Crippen LogP contribution in [0.15, 0.2) is 32.8 Å². The first-order valence-corrected chi connectivity index (χ1v) is 6.83. The van der Waals surface area contributed by atoms with Gasteiger partial charge in [0.05, 0.1) is 12.0 Å². The maximum Gasteiger partial charge on any atom is 0.291 e. The second kappa shape index (κ2) is 6.27. The lowest BCUT2D eigenvalue weighted by Gasteiger charge is -2.06. The van der Waals surface area contributed by atoms with E-state index in [1.54, 1.807) is 6.07 Å². The van der Waals surface area contributed by atoms with Crippen molar-refractivity contribution in [2.24, 2.45) is 0 Å². The molecule has 9 heteroatoms. The van der Waals surface area contributed by atoms with Gasteiger partial charge < -0.3 is 15.5 Å². The SMILES string of the molecule is CC(=O)CSc1nc(N)c(NC(=O)c2ccco2)c(=O)[nH]1. The van der Waals surface area contributed by atoms with Gasteiger partial charge in [-0.15, -0.1) is 0 Å². The Hall–Kier alpha value is -2.55. The molecule has 2 aromatic heterocycles. The van der Waals surface area contributed by atoms with Crippen molar-refractivity contribution in [3.63, 3.8) is 0 Å². The van der Waals surface area contributed by atoms with Gasteiger partial charge >= 0.3 is 0 Å². The topological polar surface area (TPSA) is 131 Å². The summed E-state index contributed by atoms with van der Waals surface area (Å²) in [6, 6.07) is 2.99. The molecule has 0 saturated carbocycles. The molecule has 0 atom stereocenters. The maximum absolute atomic E-state index is 11.9. The van der Waals surface area contributed by atoms with E-state index in [0.29, 0.717) is 0 Å². The highest BCUT2D eigenvalue weighted by atomic mass is 32.2. The van der Waals surface area contributed by atoms with Crippen molar-refractivity contribution in [1.82, 2.24) is 9.97 Å². The fourth-order valence-electron chi connectivity index (χ4n) is 1.41. The van der Waals surface area contributed by atoms with Crippen molar-refractivity contribution in [2.45, 2.75) is 12.1 Å². The number of nitrogens with one attached hydrogen (secondary N) is 2. The highest BCUT2D eigenvalue weighted by Crippen LogP contribution is 2.17. The third-order valence-electron chi connectivity index (χ3n) is 2.32. The molecule has 110 valence electrons. The lowest BCUT2D eigenvalue weighted by molar-refractivity contribution is -0.114. The summed E-state index contributed by atoms with van der Waals surface area (Å²) in [7, 11) is 0. The zero-order chi connectivity index (χ0) is 15.4. The molecule has 0 aliphatic carbocycles.